The fourth-order valence-electron chi connectivity index (χ4n) is 4.65. The van der Waals surface area contributed by atoms with Crippen LogP contribution in [0, 0.1) is 16.0 Å². The summed E-state index contributed by atoms with van der Waals surface area (Å²) >= 11 is 0. The number of unbranched alkanes of at least 4 members (excludes halogenated alkanes) is 1. The van der Waals surface area contributed by atoms with Crippen molar-refractivity contribution in [3.8, 4) is 0 Å². The minimum atomic E-state index is -0.613. The van der Waals surface area contributed by atoms with E-state index in [1.807, 2.05) is 26.5 Å². The lowest BCUT2D eigenvalue weighted by molar-refractivity contribution is -0.386. The maximum absolute atomic E-state index is 12.7. The van der Waals surface area contributed by atoms with Crippen LogP contribution in [0.2, 0.25) is 0 Å². The van der Waals surface area contributed by atoms with Gasteiger partial charge in [-0.2, -0.15) is 0 Å². The van der Waals surface area contributed by atoms with Crippen LogP contribution in [0.4, 0.5) is 5.69 Å². The lowest BCUT2D eigenvalue weighted by atomic mass is 9.83. The zero-order valence-electron chi connectivity index (χ0n) is 15.7. The van der Waals surface area contributed by atoms with Gasteiger partial charge in [-0.05, 0) is 37.7 Å². The predicted octanol–water partition coefficient (Wildman–Crippen LogP) is 3.42. The standard InChI is InChI=1S/C19H25N3O4S2/c23-18(4-2-1-3-15-7-8-27-28-15)20-10-13-9-14(12-20)16-5-6-17(22(25)26)19(24)21(16)11-13/h5-6,13-15H,1-4,7-12H2/t13-,14-,15-/m0/s1. The van der Waals surface area contributed by atoms with E-state index < -0.39 is 10.5 Å². The van der Waals surface area contributed by atoms with E-state index in [9.17, 15) is 19.7 Å². The van der Waals surface area contributed by atoms with E-state index in [1.54, 1.807) is 10.6 Å². The van der Waals surface area contributed by atoms with Crippen molar-refractivity contribution in [2.45, 2.75) is 56.2 Å². The van der Waals surface area contributed by atoms with Crippen molar-refractivity contribution in [1.82, 2.24) is 9.47 Å². The second-order valence-corrected chi connectivity index (χ2v) is 10.8. The summed E-state index contributed by atoms with van der Waals surface area (Å²) in [5.41, 5.74) is -0.0458. The van der Waals surface area contributed by atoms with Crippen LogP contribution in [0.3, 0.4) is 0 Å². The number of amides is 1. The number of aromatic nitrogens is 1. The number of hydrogen-bond acceptors (Lipinski definition) is 6. The van der Waals surface area contributed by atoms with Crippen LogP contribution in [0.15, 0.2) is 16.9 Å². The predicted molar refractivity (Wildman–Crippen MR) is 112 cm³/mol. The third-order valence-electron chi connectivity index (χ3n) is 6.03. The summed E-state index contributed by atoms with van der Waals surface area (Å²) < 4.78 is 1.57. The zero-order chi connectivity index (χ0) is 19.7. The number of nitrogens with zero attached hydrogens (tertiary/aromatic N) is 3. The Balaban J connectivity index is 1.36. The van der Waals surface area contributed by atoms with E-state index in [0.29, 0.717) is 26.1 Å². The molecule has 2 fully saturated rings. The van der Waals surface area contributed by atoms with Gasteiger partial charge in [0.25, 0.3) is 0 Å². The Labute approximate surface area is 171 Å². The van der Waals surface area contributed by atoms with Crippen molar-refractivity contribution in [2.24, 2.45) is 5.92 Å². The molecule has 0 unspecified atom stereocenters. The second kappa shape index (κ2) is 8.49. The number of piperidine rings is 1. The van der Waals surface area contributed by atoms with Crippen molar-refractivity contribution in [2.75, 3.05) is 18.8 Å². The number of rotatable bonds is 6. The van der Waals surface area contributed by atoms with Crippen molar-refractivity contribution < 1.29 is 9.72 Å². The van der Waals surface area contributed by atoms with E-state index in [0.717, 1.165) is 30.2 Å². The van der Waals surface area contributed by atoms with Crippen LogP contribution >= 0.6 is 21.6 Å². The van der Waals surface area contributed by atoms with E-state index in [2.05, 4.69) is 0 Å². The SMILES string of the molecule is O=C(CCCC[C@H]1CCSS1)N1C[C@@H]2C[C@@H](C1)c1ccc([N+](=O)[O-])c(=O)n1C2. The summed E-state index contributed by atoms with van der Waals surface area (Å²) in [5.74, 6) is 1.75. The molecule has 3 aliphatic heterocycles. The van der Waals surface area contributed by atoms with Crippen molar-refractivity contribution in [3.63, 3.8) is 0 Å². The minimum absolute atomic E-state index is 0.0943. The first-order valence-electron chi connectivity index (χ1n) is 9.97. The summed E-state index contributed by atoms with van der Waals surface area (Å²) in [5, 5.41) is 11.8. The molecule has 1 amide bonds. The van der Waals surface area contributed by atoms with Gasteiger partial charge in [-0.1, -0.05) is 28.0 Å². The number of hydrogen-bond donors (Lipinski definition) is 0. The lowest BCUT2D eigenvalue weighted by Crippen LogP contribution is -2.49. The topological polar surface area (TPSA) is 85.5 Å². The average Bonchev–Trinajstić information content (AvgIpc) is 3.19. The molecule has 1 aromatic heterocycles. The molecule has 9 heteroatoms. The van der Waals surface area contributed by atoms with Crippen molar-refractivity contribution in [3.05, 3.63) is 38.3 Å². The largest absolute Gasteiger partial charge is 0.342 e. The molecule has 28 heavy (non-hydrogen) atoms. The third kappa shape index (κ3) is 4.10. The van der Waals surface area contributed by atoms with E-state index in [1.165, 1.54) is 24.7 Å². The van der Waals surface area contributed by atoms with Gasteiger partial charge in [0.1, 0.15) is 0 Å². The molecule has 0 N–H and O–H groups in total. The number of nitro groups is 1. The Kier molecular flexibility index (Phi) is 6.01. The number of fused-ring (bicyclic) bond motifs is 4. The van der Waals surface area contributed by atoms with Gasteiger partial charge < -0.3 is 9.47 Å². The van der Waals surface area contributed by atoms with Gasteiger partial charge in [0.2, 0.25) is 5.91 Å². The Hall–Kier alpha value is -1.48. The highest BCUT2D eigenvalue weighted by Gasteiger charge is 2.37. The van der Waals surface area contributed by atoms with Crippen LogP contribution in [-0.2, 0) is 11.3 Å². The van der Waals surface area contributed by atoms with Crippen molar-refractivity contribution in [1.29, 1.82) is 0 Å². The molecule has 0 aromatic carbocycles. The van der Waals surface area contributed by atoms with Crippen LogP contribution in [0.5, 0.6) is 0 Å². The first kappa shape index (κ1) is 19.8. The number of carbonyl (C=O) groups excluding carboxylic acids is 1. The summed E-state index contributed by atoms with van der Waals surface area (Å²) in [6, 6.07) is 3.01. The third-order valence-corrected chi connectivity index (χ3v) is 9.03. The Morgan fingerprint density at radius 3 is 2.86 bits per heavy atom. The number of carbonyl (C=O) groups is 1. The molecular formula is C19H25N3O4S2. The van der Waals surface area contributed by atoms with Gasteiger partial charge in [-0.15, -0.1) is 0 Å². The van der Waals surface area contributed by atoms with Gasteiger partial charge in [0.15, 0.2) is 0 Å². The molecule has 4 heterocycles. The lowest BCUT2D eigenvalue weighted by Gasteiger charge is -2.42. The Morgan fingerprint density at radius 1 is 1.25 bits per heavy atom. The molecule has 0 radical (unpaired) electrons. The number of pyridine rings is 1. The fraction of sp³-hybridized carbons (Fsp3) is 0.684. The molecule has 0 spiro atoms. The summed E-state index contributed by atoms with van der Waals surface area (Å²) in [4.78, 5) is 37.5. The second-order valence-electron chi connectivity index (χ2n) is 7.99. The molecule has 0 aliphatic carbocycles. The van der Waals surface area contributed by atoms with Gasteiger partial charge >= 0.3 is 11.2 Å². The summed E-state index contributed by atoms with van der Waals surface area (Å²) in [6.45, 7) is 1.73. The Morgan fingerprint density at radius 2 is 2.11 bits per heavy atom. The zero-order valence-corrected chi connectivity index (χ0v) is 17.4. The molecule has 3 atom stereocenters. The average molecular weight is 424 g/mol. The summed E-state index contributed by atoms with van der Waals surface area (Å²) in [6.07, 6.45) is 6.07. The minimum Gasteiger partial charge on any atom is -0.342 e. The van der Waals surface area contributed by atoms with E-state index >= 15 is 0 Å². The molecule has 1 aromatic rings. The molecular weight excluding hydrogens is 398 g/mol. The maximum atomic E-state index is 12.7. The smallest absolute Gasteiger partial charge is 0.334 e. The fourth-order valence-corrected chi connectivity index (χ4v) is 7.68. The molecule has 7 nitrogen and oxygen atoms in total. The van der Waals surface area contributed by atoms with Gasteiger partial charge in [-0.3, -0.25) is 19.7 Å². The highest BCUT2D eigenvalue weighted by atomic mass is 33.1. The first-order valence-corrected chi connectivity index (χ1v) is 12.4. The van der Waals surface area contributed by atoms with Crippen LogP contribution in [0.1, 0.15) is 50.1 Å². The Bertz CT molecular complexity index is 822. The normalized spacial score (nSPS) is 26.1. The van der Waals surface area contributed by atoms with Crippen LogP contribution < -0.4 is 5.56 Å². The molecule has 3 aliphatic rings. The molecule has 4 rings (SSSR count). The van der Waals surface area contributed by atoms with Crippen LogP contribution in [-0.4, -0.2) is 44.4 Å². The van der Waals surface area contributed by atoms with E-state index in [-0.39, 0.29) is 23.4 Å². The van der Waals surface area contributed by atoms with E-state index in [4.69, 9.17) is 0 Å². The van der Waals surface area contributed by atoms with Gasteiger partial charge in [0.05, 0.1) is 4.92 Å². The highest BCUT2D eigenvalue weighted by Crippen LogP contribution is 2.40. The maximum Gasteiger partial charge on any atom is 0.334 e. The van der Waals surface area contributed by atoms with Crippen LogP contribution in [0.25, 0.3) is 0 Å². The number of likely N-dealkylation sites (tertiary alicyclic amines) is 1. The molecule has 0 saturated carbocycles. The molecule has 152 valence electrons. The molecule has 2 saturated heterocycles. The molecule has 2 bridgehead atoms. The summed E-state index contributed by atoms with van der Waals surface area (Å²) in [7, 11) is 3.95. The van der Waals surface area contributed by atoms with Crippen molar-refractivity contribution >= 4 is 33.2 Å². The van der Waals surface area contributed by atoms with Gasteiger partial charge in [-0.25, -0.2) is 0 Å². The first-order chi connectivity index (χ1) is 13.5. The van der Waals surface area contributed by atoms with Gasteiger partial charge in [0, 0.05) is 54.7 Å². The quantitative estimate of drug-likeness (QED) is 0.302. The highest BCUT2D eigenvalue weighted by molar-refractivity contribution is 8.77. The monoisotopic (exact) mass is 423 g/mol.